The number of hydrogen-bond acceptors (Lipinski definition) is 5. The highest BCUT2D eigenvalue weighted by molar-refractivity contribution is 5.43. The van der Waals surface area contributed by atoms with Gasteiger partial charge in [-0.1, -0.05) is 6.92 Å². The lowest BCUT2D eigenvalue weighted by atomic mass is 10.2. The van der Waals surface area contributed by atoms with Crippen molar-refractivity contribution >= 4 is 5.82 Å². The minimum absolute atomic E-state index is 0.236. The van der Waals surface area contributed by atoms with Gasteiger partial charge >= 0.3 is 0 Å². The molecule has 2 aromatic rings. The van der Waals surface area contributed by atoms with Crippen molar-refractivity contribution in [3.05, 3.63) is 41.3 Å². The molecule has 106 valence electrons. The quantitative estimate of drug-likeness (QED) is 0.876. The zero-order valence-corrected chi connectivity index (χ0v) is 12.0. The maximum Gasteiger partial charge on any atom is 0.130 e. The zero-order valence-electron chi connectivity index (χ0n) is 12.0. The van der Waals surface area contributed by atoms with E-state index < -0.39 is 0 Å². The van der Waals surface area contributed by atoms with Crippen LogP contribution < -0.4 is 10.1 Å². The fourth-order valence-corrected chi connectivity index (χ4v) is 1.92. The van der Waals surface area contributed by atoms with E-state index in [9.17, 15) is 5.11 Å². The van der Waals surface area contributed by atoms with Crippen molar-refractivity contribution in [1.82, 2.24) is 9.97 Å². The van der Waals surface area contributed by atoms with Gasteiger partial charge in [-0.15, -0.1) is 0 Å². The molecule has 0 aliphatic carbocycles. The van der Waals surface area contributed by atoms with Crippen molar-refractivity contribution in [2.75, 3.05) is 12.4 Å². The Morgan fingerprint density at radius 1 is 1.25 bits per heavy atom. The van der Waals surface area contributed by atoms with E-state index >= 15 is 0 Å². The molecule has 0 saturated heterocycles. The summed E-state index contributed by atoms with van der Waals surface area (Å²) < 4.78 is 5.15. The van der Waals surface area contributed by atoms with Crippen molar-refractivity contribution in [1.29, 1.82) is 0 Å². The van der Waals surface area contributed by atoms with Crippen molar-refractivity contribution in [3.8, 4) is 11.5 Å². The summed E-state index contributed by atoms with van der Waals surface area (Å²) in [5.74, 6) is 2.45. The number of nitrogens with one attached hydrogen (secondary N) is 1. The van der Waals surface area contributed by atoms with E-state index in [-0.39, 0.29) is 5.75 Å². The normalized spacial score (nSPS) is 10.3. The number of aromatic nitrogens is 2. The van der Waals surface area contributed by atoms with Gasteiger partial charge in [-0.25, -0.2) is 9.97 Å². The van der Waals surface area contributed by atoms with Crippen LogP contribution >= 0.6 is 0 Å². The number of methoxy groups -OCH3 is 1. The van der Waals surface area contributed by atoms with Gasteiger partial charge < -0.3 is 15.2 Å². The van der Waals surface area contributed by atoms with E-state index in [1.54, 1.807) is 25.3 Å². The maximum absolute atomic E-state index is 9.84. The summed E-state index contributed by atoms with van der Waals surface area (Å²) in [5.41, 5.74) is 1.76. The largest absolute Gasteiger partial charge is 0.508 e. The Morgan fingerprint density at radius 3 is 2.75 bits per heavy atom. The minimum atomic E-state index is 0.236. The van der Waals surface area contributed by atoms with Crippen LogP contribution in [0.2, 0.25) is 0 Å². The lowest BCUT2D eigenvalue weighted by molar-refractivity contribution is 0.411. The van der Waals surface area contributed by atoms with Gasteiger partial charge in [0.2, 0.25) is 0 Å². The highest BCUT2D eigenvalue weighted by atomic mass is 16.5. The molecule has 0 amide bonds. The van der Waals surface area contributed by atoms with E-state index in [0.29, 0.717) is 12.3 Å². The molecule has 0 atom stereocenters. The van der Waals surface area contributed by atoms with Crippen LogP contribution in [0.3, 0.4) is 0 Å². The van der Waals surface area contributed by atoms with Gasteiger partial charge in [0.1, 0.15) is 23.1 Å². The van der Waals surface area contributed by atoms with Crippen LogP contribution in [-0.2, 0) is 13.0 Å². The molecule has 2 rings (SSSR count). The second kappa shape index (κ2) is 6.23. The second-order valence-electron chi connectivity index (χ2n) is 4.49. The van der Waals surface area contributed by atoms with E-state index in [0.717, 1.165) is 29.3 Å². The number of nitrogens with zero attached hydrogens (tertiary/aromatic N) is 2. The molecule has 0 spiro atoms. The highest BCUT2D eigenvalue weighted by Gasteiger charge is 2.05. The summed E-state index contributed by atoms with van der Waals surface area (Å²) >= 11 is 0. The molecule has 5 heteroatoms. The molecule has 0 fully saturated rings. The van der Waals surface area contributed by atoms with Gasteiger partial charge in [0.05, 0.1) is 7.11 Å². The Bertz CT molecular complexity index is 600. The van der Waals surface area contributed by atoms with Crippen molar-refractivity contribution in [2.45, 2.75) is 26.8 Å². The van der Waals surface area contributed by atoms with E-state index in [1.165, 1.54) is 0 Å². The van der Waals surface area contributed by atoms with Crippen LogP contribution in [-0.4, -0.2) is 22.2 Å². The Kier molecular flexibility index (Phi) is 4.40. The van der Waals surface area contributed by atoms with Gasteiger partial charge in [-0.05, 0) is 31.5 Å². The average Bonchev–Trinajstić information content (AvgIpc) is 2.45. The number of anilines is 1. The Morgan fingerprint density at radius 2 is 2.05 bits per heavy atom. The first-order valence-corrected chi connectivity index (χ1v) is 6.56. The summed E-state index contributed by atoms with van der Waals surface area (Å²) in [4.78, 5) is 8.67. The molecule has 1 aromatic heterocycles. The molecule has 0 aliphatic rings. The average molecular weight is 273 g/mol. The zero-order chi connectivity index (χ0) is 14.5. The van der Waals surface area contributed by atoms with E-state index in [2.05, 4.69) is 22.2 Å². The van der Waals surface area contributed by atoms with Crippen molar-refractivity contribution in [3.63, 3.8) is 0 Å². The molecular weight excluding hydrogens is 254 g/mol. The Labute approximate surface area is 118 Å². The summed E-state index contributed by atoms with van der Waals surface area (Å²) in [5, 5.41) is 13.0. The molecule has 0 unspecified atom stereocenters. The Balaban J connectivity index is 2.14. The van der Waals surface area contributed by atoms with Crippen LogP contribution in [0.5, 0.6) is 11.5 Å². The van der Waals surface area contributed by atoms with Crippen LogP contribution in [0.15, 0.2) is 24.3 Å². The van der Waals surface area contributed by atoms with Crippen LogP contribution in [0.4, 0.5) is 5.82 Å². The SMILES string of the molecule is CCc1cc(NCc2cc(OC)ccc2O)nc(C)n1. The predicted octanol–water partition coefficient (Wildman–Crippen LogP) is 2.67. The first kappa shape index (κ1) is 14.1. The number of phenolic OH excluding ortho intramolecular Hbond substituents is 1. The summed E-state index contributed by atoms with van der Waals surface area (Å²) in [7, 11) is 1.60. The van der Waals surface area contributed by atoms with Gasteiger partial charge in [-0.2, -0.15) is 0 Å². The third kappa shape index (κ3) is 3.38. The lowest BCUT2D eigenvalue weighted by Gasteiger charge is -2.10. The minimum Gasteiger partial charge on any atom is -0.508 e. The second-order valence-corrected chi connectivity index (χ2v) is 4.49. The molecule has 2 N–H and O–H groups in total. The molecule has 0 aliphatic heterocycles. The summed E-state index contributed by atoms with van der Waals surface area (Å²) in [6, 6.07) is 7.07. The monoisotopic (exact) mass is 273 g/mol. The molecule has 0 bridgehead atoms. The van der Waals surface area contributed by atoms with Crippen molar-refractivity contribution < 1.29 is 9.84 Å². The standard InChI is InChI=1S/C15H19N3O2/c1-4-12-8-15(18-10(2)17-12)16-9-11-7-13(20-3)5-6-14(11)19/h5-8,19H,4,9H2,1-3H3,(H,16,17,18). The fraction of sp³-hybridized carbons (Fsp3) is 0.333. The van der Waals surface area contributed by atoms with Crippen LogP contribution in [0, 0.1) is 6.92 Å². The number of aryl methyl sites for hydroxylation is 2. The first-order chi connectivity index (χ1) is 9.62. The molecule has 5 nitrogen and oxygen atoms in total. The summed E-state index contributed by atoms with van der Waals surface area (Å²) in [6.45, 7) is 4.40. The number of phenols is 1. The maximum atomic E-state index is 9.84. The van der Waals surface area contributed by atoms with Crippen LogP contribution in [0.25, 0.3) is 0 Å². The number of ether oxygens (including phenoxy) is 1. The molecular formula is C15H19N3O2. The molecule has 1 aromatic carbocycles. The molecule has 20 heavy (non-hydrogen) atoms. The van der Waals surface area contributed by atoms with Crippen molar-refractivity contribution in [2.24, 2.45) is 0 Å². The van der Waals surface area contributed by atoms with Gasteiger partial charge in [0.25, 0.3) is 0 Å². The van der Waals surface area contributed by atoms with E-state index in [4.69, 9.17) is 4.74 Å². The third-order valence-corrected chi connectivity index (χ3v) is 3.00. The molecule has 0 saturated carbocycles. The van der Waals surface area contributed by atoms with Gasteiger partial charge in [-0.3, -0.25) is 0 Å². The number of hydrogen-bond donors (Lipinski definition) is 2. The van der Waals surface area contributed by atoms with Gasteiger partial charge in [0.15, 0.2) is 0 Å². The topological polar surface area (TPSA) is 67.3 Å². The fourth-order valence-electron chi connectivity index (χ4n) is 1.92. The Hall–Kier alpha value is -2.30. The highest BCUT2D eigenvalue weighted by Crippen LogP contribution is 2.23. The third-order valence-electron chi connectivity index (χ3n) is 3.00. The number of aromatic hydroxyl groups is 1. The van der Waals surface area contributed by atoms with E-state index in [1.807, 2.05) is 13.0 Å². The molecule has 0 radical (unpaired) electrons. The van der Waals surface area contributed by atoms with Crippen LogP contribution in [0.1, 0.15) is 24.0 Å². The smallest absolute Gasteiger partial charge is 0.130 e. The lowest BCUT2D eigenvalue weighted by Crippen LogP contribution is -2.05. The van der Waals surface area contributed by atoms with Gasteiger partial charge in [0, 0.05) is 23.9 Å². The first-order valence-electron chi connectivity index (χ1n) is 6.56. The summed E-state index contributed by atoms with van der Waals surface area (Å²) in [6.07, 6.45) is 0.864. The predicted molar refractivity (Wildman–Crippen MR) is 78.1 cm³/mol. The number of benzene rings is 1. The number of rotatable bonds is 5. The molecule has 1 heterocycles.